The zero-order valence-electron chi connectivity index (χ0n) is 17.9. The molecule has 3 aliphatic rings. The molecule has 5 atom stereocenters. The molecule has 162 valence electrons. The van der Waals surface area contributed by atoms with Crippen LogP contribution in [0.3, 0.4) is 0 Å². The Morgan fingerprint density at radius 1 is 1.23 bits per heavy atom. The summed E-state index contributed by atoms with van der Waals surface area (Å²) in [5, 5.41) is 6.59. The lowest BCUT2D eigenvalue weighted by atomic mass is 9.85. The Morgan fingerprint density at radius 3 is 2.50 bits per heavy atom. The van der Waals surface area contributed by atoms with Crippen LogP contribution in [0.4, 0.5) is 0 Å². The normalized spacial score (nSPS) is 28.5. The summed E-state index contributed by atoms with van der Waals surface area (Å²) in [4.78, 5) is 33.3. The van der Waals surface area contributed by atoms with Gasteiger partial charge in [-0.3, -0.25) is 24.4 Å². The van der Waals surface area contributed by atoms with Crippen LogP contribution in [0.15, 0.2) is 40.0 Å². The summed E-state index contributed by atoms with van der Waals surface area (Å²) in [5.74, 6) is 1.93. The first-order chi connectivity index (χ1) is 14.5. The summed E-state index contributed by atoms with van der Waals surface area (Å²) >= 11 is 0. The highest BCUT2D eigenvalue weighted by atomic mass is 16.3. The minimum Gasteiger partial charge on any atom is -0.468 e. The molecule has 5 unspecified atom stereocenters. The van der Waals surface area contributed by atoms with Crippen LogP contribution >= 0.6 is 0 Å². The molecule has 1 aromatic rings. The van der Waals surface area contributed by atoms with Crippen molar-refractivity contribution in [1.82, 2.24) is 20.4 Å². The maximum absolute atomic E-state index is 12.7. The molecule has 8 nitrogen and oxygen atoms in total. The predicted octanol–water partition coefficient (Wildman–Crippen LogP) is 1.24. The van der Waals surface area contributed by atoms with Crippen molar-refractivity contribution in [2.24, 2.45) is 28.7 Å². The van der Waals surface area contributed by atoms with E-state index in [1.54, 1.807) is 13.3 Å². The van der Waals surface area contributed by atoms with Crippen LogP contribution in [0.25, 0.3) is 0 Å². The van der Waals surface area contributed by atoms with Crippen LogP contribution in [0.2, 0.25) is 0 Å². The Morgan fingerprint density at radius 2 is 1.93 bits per heavy atom. The molecule has 0 aromatic carbocycles. The fourth-order valence-electron chi connectivity index (χ4n) is 5.06. The van der Waals surface area contributed by atoms with Gasteiger partial charge in [0, 0.05) is 26.7 Å². The lowest BCUT2D eigenvalue weighted by molar-refractivity contribution is -0.140. The second kappa shape index (κ2) is 8.63. The SMILES string of the molecule is CN=C(NCCCN1C(=O)C2C3C=CC(C3)C2C1=O)NCC(c1ccco1)N(C)C. The fourth-order valence-corrected chi connectivity index (χ4v) is 5.06. The van der Waals surface area contributed by atoms with Crippen molar-refractivity contribution in [3.8, 4) is 0 Å². The van der Waals surface area contributed by atoms with E-state index < -0.39 is 0 Å². The molecule has 8 heteroatoms. The van der Waals surface area contributed by atoms with E-state index in [0.717, 1.165) is 12.2 Å². The summed E-state index contributed by atoms with van der Waals surface area (Å²) in [6.07, 6.45) is 7.59. The van der Waals surface area contributed by atoms with E-state index >= 15 is 0 Å². The average molecular weight is 414 g/mol. The number of likely N-dealkylation sites (N-methyl/N-ethyl adjacent to an activating group) is 1. The Balaban J connectivity index is 1.22. The van der Waals surface area contributed by atoms with Crippen molar-refractivity contribution in [3.05, 3.63) is 36.3 Å². The van der Waals surface area contributed by atoms with E-state index in [0.29, 0.717) is 32.0 Å². The van der Waals surface area contributed by atoms with E-state index in [-0.39, 0.29) is 41.5 Å². The van der Waals surface area contributed by atoms with Crippen molar-refractivity contribution in [3.63, 3.8) is 0 Å². The number of hydrogen-bond donors (Lipinski definition) is 2. The number of guanidine groups is 1. The number of carbonyl (C=O) groups excluding carboxylic acids is 2. The highest BCUT2D eigenvalue weighted by Crippen LogP contribution is 2.52. The Bertz CT molecular complexity index is 802. The largest absolute Gasteiger partial charge is 0.468 e. The average Bonchev–Trinajstić information content (AvgIpc) is 3.50. The number of hydrogen-bond acceptors (Lipinski definition) is 5. The van der Waals surface area contributed by atoms with Crippen LogP contribution in [0, 0.1) is 23.7 Å². The van der Waals surface area contributed by atoms with E-state index in [1.165, 1.54) is 4.90 Å². The molecule has 0 radical (unpaired) electrons. The van der Waals surface area contributed by atoms with Crippen LogP contribution in [-0.4, -0.2) is 68.4 Å². The Kier molecular flexibility index (Phi) is 5.94. The molecule has 2 N–H and O–H groups in total. The summed E-state index contributed by atoms with van der Waals surface area (Å²) in [5.41, 5.74) is 0. The number of carbonyl (C=O) groups is 2. The van der Waals surface area contributed by atoms with Crippen LogP contribution in [0.1, 0.15) is 24.6 Å². The molecule has 0 spiro atoms. The van der Waals surface area contributed by atoms with Crippen molar-refractivity contribution < 1.29 is 14.0 Å². The van der Waals surface area contributed by atoms with Crippen molar-refractivity contribution in [1.29, 1.82) is 0 Å². The molecule has 2 aliphatic carbocycles. The molecule has 1 saturated carbocycles. The first kappa shape index (κ1) is 20.7. The summed E-state index contributed by atoms with van der Waals surface area (Å²) < 4.78 is 5.53. The number of aliphatic imine (C=N–C) groups is 1. The molecule has 2 amide bonds. The number of amides is 2. The number of nitrogens with one attached hydrogen (secondary N) is 2. The number of nitrogens with zero attached hydrogens (tertiary/aromatic N) is 3. The number of imide groups is 1. The van der Waals surface area contributed by atoms with Gasteiger partial charge < -0.3 is 15.1 Å². The molecular formula is C22H31N5O3. The van der Waals surface area contributed by atoms with Gasteiger partial charge in [-0.25, -0.2) is 0 Å². The van der Waals surface area contributed by atoms with Crippen LogP contribution in [0.5, 0.6) is 0 Å². The van der Waals surface area contributed by atoms with Gasteiger partial charge in [-0.1, -0.05) is 12.2 Å². The molecule has 1 aliphatic heterocycles. The number of furan rings is 1. The van der Waals surface area contributed by atoms with Crippen molar-refractivity contribution in [2.45, 2.75) is 18.9 Å². The molecule has 30 heavy (non-hydrogen) atoms. The molecule has 4 rings (SSSR count). The second-order valence-corrected chi connectivity index (χ2v) is 8.56. The van der Waals surface area contributed by atoms with E-state index in [1.807, 2.05) is 26.2 Å². The number of allylic oxidation sites excluding steroid dienone is 2. The van der Waals surface area contributed by atoms with Gasteiger partial charge in [0.05, 0.1) is 24.1 Å². The maximum atomic E-state index is 12.7. The zero-order chi connectivity index (χ0) is 21.3. The van der Waals surface area contributed by atoms with Gasteiger partial charge in [0.2, 0.25) is 11.8 Å². The van der Waals surface area contributed by atoms with Gasteiger partial charge in [0.1, 0.15) is 5.76 Å². The smallest absolute Gasteiger partial charge is 0.233 e. The first-order valence-corrected chi connectivity index (χ1v) is 10.7. The van der Waals surface area contributed by atoms with Gasteiger partial charge in [0.25, 0.3) is 0 Å². The predicted molar refractivity (Wildman–Crippen MR) is 114 cm³/mol. The third-order valence-electron chi connectivity index (χ3n) is 6.59. The van der Waals surface area contributed by atoms with Gasteiger partial charge in [-0.2, -0.15) is 0 Å². The first-order valence-electron chi connectivity index (χ1n) is 10.7. The Hall–Kier alpha value is -2.61. The van der Waals surface area contributed by atoms with E-state index in [2.05, 4.69) is 32.7 Å². The monoisotopic (exact) mass is 413 g/mol. The summed E-state index contributed by atoms with van der Waals surface area (Å²) in [6, 6.07) is 3.93. The van der Waals surface area contributed by atoms with Crippen molar-refractivity contribution in [2.75, 3.05) is 40.8 Å². The van der Waals surface area contributed by atoms with Gasteiger partial charge >= 0.3 is 0 Å². The minimum absolute atomic E-state index is 0.0247. The second-order valence-electron chi connectivity index (χ2n) is 8.56. The van der Waals surface area contributed by atoms with Gasteiger partial charge in [-0.05, 0) is 50.9 Å². The molecule has 2 bridgehead atoms. The molecule has 1 saturated heterocycles. The van der Waals surface area contributed by atoms with Crippen LogP contribution < -0.4 is 10.6 Å². The number of rotatable bonds is 8. The molecule has 2 fully saturated rings. The zero-order valence-corrected chi connectivity index (χ0v) is 17.9. The summed E-state index contributed by atoms with van der Waals surface area (Å²) in [7, 11) is 5.74. The van der Waals surface area contributed by atoms with Gasteiger partial charge in [0.15, 0.2) is 5.96 Å². The van der Waals surface area contributed by atoms with Gasteiger partial charge in [-0.15, -0.1) is 0 Å². The Labute approximate surface area is 177 Å². The molecule has 1 aromatic heterocycles. The number of fused-ring (bicyclic) bond motifs is 5. The summed E-state index contributed by atoms with van der Waals surface area (Å²) in [6.45, 7) is 1.73. The number of likely N-dealkylation sites (tertiary alicyclic amines) is 1. The minimum atomic E-state index is -0.112. The lowest BCUT2D eigenvalue weighted by Gasteiger charge is -2.24. The van der Waals surface area contributed by atoms with Crippen LogP contribution in [-0.2, 0) is 9.59 Å². The van der Waals surface area contributed by atoms with Crippen molar-refractivity contribution >= 4 is 17.8 Å². The molecular weight excluding hydrogens is 382 g/mol. The maximum Gasteiger partial charge on any atom is 0.233 e. The highest BCUT2D eigenvalue weighted by molar-refractivity contribution is 6.06. The topological polar surface area (TPSA) is 90.2 Å². The van der Waals surface area contributed by atoms with E-state index in [4.69, 9.17) is 4.42 Å². The standard InChI is InChI=1S/C22H31N5O3/c1-23-22(25-13-16(26(2)3)17-6-4-11-30-17)24-9-5-10-27-20(28)18-14-7-8-15(12-14)19(18)21(27)29/h4,6-8,11,14-16,18-19H,5,9-10,12-13H2,1-3H3,(H2,23,24,25). The third kappa shape index (κ3) is 3.76. The fraction of sp³-hybridized carbons (Fsp3) is 0.591. The molecule has 2 heterocycles. The highest BCUT2D eigenvalue weighted by Gasteiger charge is 2.58. The van der Waals surface area contributed by atoms with E-state index in [9.17, 15) is 9.59 Å². The lowest BCUT2D eigenvalue weighted by Crippen LogP contribution is -2.43. The third-order valence-corrected chi connectivity index (χ3v) is 6.59. The quantitative estimate of drug-likeness (QED) is 0.219.